The summed E-state index contributed by atoms with van der Waals surface area (Å²) in [5.74, 6) is 1.85. The summed E-state index contributed by atoms with van der Waals surface area (Å²) >= 11 is 0. The molecule has 146 valence electrons. The number of nitrogens with zero attached hydrogens (tertiary/aromatic N) is 1. The Morgan fingerprint density at radius 1 is 1.22 bits per heavy atom. The average molecular weight is 370 g/mol. The number of aliphatic imine (C=N–C) groups is 1. The van der Waals surface area contributed by atoms with Gasteiger partial charge in [0.15, 0.2) is 5.96 Å². The molecule has 1 atom stereocenters. The second kappa shape index (κ2) is 9.60. The zero-order valence-electron chi connectivity index (χ0n) is 16.4. The van der Waals surface area contributed by atoms with E-state index < -0.39 is 0 Å². The van der Waals surface area contributed by atoms with Crippen molar-refractivity contribution >= 4 is 5.96 Å². The molecule has 0 bridgehead atoms. The van der Waals surface area contributed by atoms with Gasteiger partial charge in [0.25, 0.3) is 0 Å². The molecule has 2 N–H and O–H groups in total. The van der Waals surface area contributed by atoms with Crippen LogP contribution in [0.1, 0.15) is 43.6 Å². The maximum atomic E-state index is 5.42. The second-order valence-corrected chi connectivity index (χ2v) is 7.44. The van der Waals surface area contributed by atoms with Crippen molar-refractivity contribution in [2.45, 2.75) is 38.6 Å². The smallest absolute Gasteiger partial charge is 0.191 e. The highest BCUT2D eigenvalue weighted by atomic mass is 16.5. The van der Waals surface area contributed by atoms with Crippen LogP contribution >= 0.6 is 0 Å². The van der Waals surface area contributed by atoms with Crippen molar-refractivity contribution < 1.29 is 9.15 Å². The summed E-state index contributed by atoms with van der Waals surface area (Å²) in [6.07, 6.45) is 6.12. The van der Waals surface area contributed by atoms with Crippen LogP contribution in [0.25, 0.3) is 0 Å². The third kappa shape index (κ3) is 6.14. The minimum Gasteiger partial charge on any atom is -0.469 e. The van der Waals surface area contributed by atoms with E-state index in [1.54, 1.807) is 13.4 Å². The Hall–Kier alpha value is -2.27. The molecular formula is C22H31N3O2. The summed E-state index contributed by atoms with van der Waals surface area (Å²) in [4.78, 5) is 4.90. The van der Waals surface area contributed by atoms with Gasteiger partial charge in [0, 0.05) is 33.2 Å². The molecule has 1 aliphatic carbocycles. The molecule has 5 nitrogen and oxygen atoms in total. The lowest BCUT2D eigenvalue weighted by molar-refractivity contribution is 0.174. The standard InChI is InChI=1S/C22H31N3O2/c1-18(19-7-4-3-5-8-19)25-21(23-14-10-20-9-6-15-27-20)24-17-22(11-12-22)13-16-26-2/h3-9,15,18H,10-14,16-17H2,1-2H3,(H2,23,24,25). The molecule has 1 heterocycles. The predicted octanol–water partition coefficient (Wildman–Crippen LogP) is 3.94. The molecule has 3 rings (SSSR count). The number of furan rings is 1. The first kappa shape index (κ1) is 19.5. The maximum Gasteiger partial charge on any atom is 0.191 e. The number of methoxy groups -OCH3 is 1. The lowest BCUT2D eigenvalue weighted by Gasteiger charge is -2.20. The summed E-state index contributed by atoms with van der Waals surface area (Å²) in [7, 11) is 1.77. The molecule has 27 heavy (non-hydrogen) atoms. The molecule has 5 heteroatoms. The number of nitrogens with one attached hydrogen (secondary N) is 2. The monoisotopic (exact) mass is 369 g/mol. The fraction of sp³-hybridized carbons (Fsp3) is 0.500. The number of benzene rings is 1. The van der Waals surface area contributed by atoms with Gasteiger partial charge in [-0.25, -0.2) is 0 Å². The van der Waals surface area contributed by atoms with E-state index in [1.165, 1.54) is 18.4 Å². The van der Waals surface area contributed by atoms with Crippen molar-refractivity contribution in [2.75, 3.05) is 26.8 Å². The summed E-state index contributed by atoms with van der Waals surface area (Å²) in [5, 5.41) is 7.01. The molecule has 1 fully saturated rings. The predicted molar refractivity (Wildman–Crippen MR) is 109 cm³/mol. The number of guanidine groups is 1. The van der Waals surface area contributed by atoms with Crippen LogP contribution in [0.15, 0.2) is 58.1 Å². The van der Waals surface area contributed by atoms with Gasteiger partial charge >= 0.3 is 0 Å². The Morgan fingerprint density at radius 2 is 2.04 bits per heavy atom. The van der Waals surface area contributed by atoms with Gasteiger partial charge in [-0.1, -0.05) is 30.3 Å². The Balaban J connectivity index is 1.59. The third-order valence-electron chi connectivity index (χ3n) is 5.26. The van der Waals surface area contributed by atoms with Crippen molar-refractivity contribution in [3.63, 3.8) is 0 Å². The van der Waals surface area contributed by atoms with Crippen LogP contribution in [0.2, 0.25) is 0 Å². The highest BCUT2D eigenvalue weighted by Crippen LogP contribution is 2.48. The molecule has 1 saturated carbocycles. The number of hydrogen-bond donors (Lipinski definition) is 2. The van der Waals surface area contributed by atoms with Gasteiger partial charge in [-0.05, 0) is 49.3 Å². The molecule has 1 aromatic carbocycles. The van der Waals surface area contributed by atoms with E-state index in [0.717, 1.165) is 44.3 Å². The van der Waals surface area contributed by atoms with Crippen molar-refractivity contribution in [3.05, 3.63) is 60.1 Å². The van der Waals surface area contributed by atoms with Gasteiger partial charge < -0.3 is 19.8 Å². The molecule has 1 aromatic heterocycles. The van der Waals surface area contributed by atoms with Crippen molar-refractivity contribution in [3.8, 4) is 0 Å². The molecule has 0 aliphatic heterocycles. The molecule has 0 radical (unpaired) electrons. The Morgan fingerprint density at radius 3 is 2.70 bits per heavy atom. The van der Waals surface area contributed by atoms with Gasteiger partial charge in [0.05, 0.1) is 12.3 Å². The lowest BCUT2D eigenvalue weighted by Crippen LogP contribution is -2.40. The van der Waals surface area contributed by atoms with Gasteiger partial charge in [-0.3, -0.25) is 4.99 Å². The largest absolute Gasteiger partial charge is 0.469 e. The Kier molecular flexibility index (Phi) is 6.93. The van der Waals surface area contributed by atoms with E-state index in [0.29, 0.717) is 5.41 Å². The van der Waals surface area contributed by atoms with Crippen LogP contribution in [-0.4, -0.2) is 32.8 Å². The molecule has 0 spiro atoms. The zero-order chi connectivity index (χ0) is 19.0. The van der Waals surface area contributed by atoms with Gasteiger partial charge in [0.1, 0.15) is 5.76 Å². The maximum absolute atomic E-state index is 5.42. The lowest BCUT2D eigenvalue weighted by atomic mass is 10.0. The first-order valence-electron chi connectivity index (χ1n) is 9.82. The summed E-state index contributed by atoms with van der Waals surface area (Å²) in [5.41, 5.74) is 1.58. The highest BCUT2D eigenvalue weighted by molar-refractivity contribution is 5.80. The highest BCUT2D eigenvalue weighted by Gasteiger charge is 2.41. The summed E-state index contributed by atoms with van der Waals surface area (Å²) in [6.45, 7) is 4.60. The van der Waals surface area contributed by atoms with E-state index in [-0.39, 0.29) is 6.04 Å². The van der Waals surface area contributed by atoms with Gasteiger partial charge in [-0.15, -0.1) is 0 Å². The van der Waals surface area contributed by atoms with E-state index >= 15 is 0 Å². The van der Waals surface area contributed by atoms with Crippen LogP contribution in [0.5, 0.6) is 0 Å². The fourth-order valence-corrected chi connectivity index (χ4v) is 3.17. The third-order valence-corrected chi connectivity index (χ3v) is 5.26. The van der Waals surface area contributed by atoms with E-state index in [2.05, 4.69) is 41.8 Å². The van der Waals surface area contributed by atoms with Crippen LogP contribution in [0, 0.1) is 5.41 Å². The van der Waals surface area contributed by atoms with Crippen LogP contribution in [0.4, 0.5) is 0 Å². The van der Waals surface area contributed by atoms with E-state index in [9.17, 15) is 0 Å². The average Bonchev–Trinajstić information content (AvgIpc) is 3.28. The van der Waals surface area contributed by atoms with Crippen molar-refractivity contribution in [1.29, 1.82) is 0 Å². The molecule has 0 amide bonds. The van der Waals surface area contributed by atoms with Crippen molar-refractivity contribution in [1.82, 2.24) is 10.6 Å². The number of rotatable bonds is 10. The Labute approximate surface area is 162 Å². The van der Waals surface area contributed by atoms with Crippen LogP contribution in [0.3, 0.4) is 0 Å². The molecular weight excluding hydrogens is 338 g/mol. The molecule has 1 unspecified atom stereocenters. The molecule has 1 aliphatic rings. The van der Waals surface area contributed by atoms with Gasteiger partial charge in [0.2, 0.25) is 0 Å². The van der Waals surface area contributed by atoms with E-state index in [1.807, 2.05) is 18.2 Å². The van der Waals surface area contributed by atoms with Gasteiger partial charge in [-0.2, -0.15) is 0 Å². The first-order valence-corrected chi connectivity index (χ1v) is 9.82. The minimum absolute atomic E-state index is 0.190. The minimum atomic E-state index is 0.190. The topological polar surface area (TPSA) is 58.8 Å². The zero-order valence-corrected chi connectivity index (χ0v) is 16.4. The summed E-state index contributed by atoms with van der Waals surface area (Å²) < 4.78 is 10.7. The number of ether oxygens (including phenoxy) is 1. The quantitative estimate of drug-likeness (QED) is 0.492. The summed E-state index contributed by atoms with van der Waals surface area (Å²) in [6, 6.07) is 14.6. The van der Waals surface area contributed by atoms with Crippen LogP contribution in [-0.2, 0) is 11.2 Å². The number of hydrogen-bond acceptors (Lipinski definition) is 3. The normalized spacial score (nSPS) is 16.7. The SMILES string of the molecule is COCCC1(CN=C(NCCc2ccco2)NC(C)c2ccccc2)CC1. The first-order chi connectivity index (χ1) is 13.2. The fourth-order valence-electron chi connectivity index (χ4n) is 3.17. The van der Waals surface area contributed by atoms with Crippen LogP contribution < -0.4 is 10.6 Å². The van der Waals surface area contributed by atoms with Crippen molar-refractivity contribution in [2.24, 2.45) is 10.4 Å². The van der Waals surface area contributed by atoms with E-state index in [4.69, 9.17) is 14.1 Å². The molecule has 2 aromatic rings. The Bertz CT molecular complexity index is 694. The second-order valence-electron chi connectivity index (χ2n) is 7.44. The molecule has 0 saturated heterocycles.